The van der Waals surface area contributed by atoms with Crippen molar-refractivity contribution in [3.63, 3.8) is 0 Å². The lowest BCUT2D eigenvalue weighted by Gasteiger charge is -2.13. The number of aromatic nitrogens is 2. The molecular weight excluding hydrogens is 452 g/mol. The summed E-state index contributed by atoms with van der Waals surface area (Å²) in [4.78, 5) is 25.7. The van der Waals surface area contributed by atoms with Crippen LogP contribution in [0.1, 0.15) is 26.3 Å². The summed E-state index contributed by atoms with van der Waals surface area (Å²) in [5, 5.41) is 9.02. The lowest BCUT2D eigenvalue weighted by molar-refractivity contribution is -0.137. The van der Waals surface area contributed by atoms with E-state index in [-0.39, 0.29) is 22.6 Å². The zero-order chi connectivity index (χ0) is 24.3. The summed E-state index contributed by atoms with van der Waals surface area (Å²) in [6.07, 6.45) is -3.43. The van der Waals surface area contributed by atoms with Gasteiger partial charge in [-0.15, -0.1) is 0 Å². The number of nitrogens with zero attached hydrogens (tertiary/aromatic N) is 2. The van der Waals surface area contributed by atoms with Crippen LogP contribution in [-0.2, 0) is 6.18 Å². The fraction of sp³-hybridized carbons (Fsp3) is 0.0417. The first-order valence-corrected chi connectivity index (χ1v) is 9.92. The number of hydrogen-bond donors (Lipinski definition) is 2. The number of carbonyl (C=O) groups excluding carboxylic acids is 2. The van der Waals surface area contributed by atoms with E-state index in [9.17, 15) is 27.2 Å². The molecule has 0 fully saturated rings. The van der Waals surface area contributed by atoms with E-state index in [4.69, 9.17) is 0 Å². The molecule has 1 aromatic heterocycles. The third kappa shape index (κ3) is 4.80. The topological polar surface area (TPSA) is 76.0 Å². The van der Waals surface area contributed by atoms with Crippen molar-refractivity contribution in [3.8, 4) is 5.69 Å². The number of rotatable bonds is 5. The maximum Gasteiger partial charge on any atom is 0.416 e. The predicted molar refractivity (Wildman–Crippen MR) is 117 cm³/mol. The molecule has 0 radical (unpaired) electrons. The SMILES string of the molecule is O=C(Nc1c(C(=O)Nc2cccc(C(F)(F)F)c2)cnn1-c1ccccc1)c1ccccc1F. The summed E-state index contributed by atoms with van der Waals surface area (Å²) >= 11 is 0. The van der Waals surface area contributed by atoms with Gasteiger partial charge in [-0.3, -0.25) is 9.59 Å². The van der Waals surface area contributed by atoms with Crippen LogP contribution in [0.25, 0.3) is 5.69 Å². The van der Waals surface area contributed by atoms with Gasteiger partial charge in [0.05, 0.1) is 23.0 Å². The van der Waals surface area contributed by atoms with Crippen LogP contribution in [-0.4, -0.2) is 21.6 Å². The molecule has 10 heteroatoms. The van der Waals surface area contributed by atoms with E-state index in [1.807, 2.05) is 0 Å². The number of benzene rings is 3. The molecule has 0 aliphatic rings. The highest BCUT2D eigenvalue weighted by molar-refractivity contribution is 6.12. The number of anilines is 2. The van der Waals surface area contributed by atoms with Crippen molar-refractivity contribution in [1.82, 2.24) is 9.78 Å². The van der Waals surface area contributed by atoms with Crippen molar-refractivity contribution in [2.24, 2.45) is 0 Å². The molecule has 4 aromatic rings. The van der Waals surface area contributed by atoms with Crippen LogP contribution in [0.15, 0.2) is 85.1 Å². The number of amides is 2. The molecule has 0 saturated carbocycles. The highest BCUT2D eigenvalue weighted by atomic mass is 19.4. The second-order valence-electron chi connectivity index (χ2n) is 7.12. The highest BCUT2D eigenvalue weighted by Gasteiger charge is 2.30. The summed E-state index contributed by atoms with van der Waals surface area (Å²) in [5.41, 5.74) is -0.931. The van der Waals surface area contributed by atoms with Crippen molar-refractivity contribution >= 4 is 23.3 Å². The summed E-state index contributed by atoms with van der Waals surface area (Å²) < 4.78 is 54.4. The van der Waals surface area contributed by atoms with Gasteiger partial charge in [-0.1, -0.05) is 36.4 Å². The summed E-state index contributed by atoms with van der Waals surface area (Å²) in [6, 6.07) is 17.9. The minimum atomic E-state index is -4.59. The Morgan fingerprint density at radius 2 is 1.47 bits per heavy atom. The fourth-order valence-corrected chi connectivity index (χ4v) is 3.19. The minimum absolute atomic E-state index is 0.0797. The molecule has 0 spiro atoms. The molecule has 2 amide bonds. The summed E-state index contributed by atoms with van der Waals surface area (Å²) in [7, 11) is 0. The largest absolute Gasteiger partial charge is 0.416 e. The van der Waals surface area contributed by atoms with Crippen LogP contribution < -0.4 is 10.6 Å². The van der Waals surface area contributed by atoms with Gasteiger partial charge in [0.15, 0.2) is 0 Å². The first-order valence-electron chi connectivity index (χ1n) is 9.92. The zero-order valence-electron chi connectivity index (χ0n) is 17.3. The third-order valence-electron chi connectivity index (χ3n) is 4.81. The normalized spacial score (nSPS) is 11.2. The Morgan fingerprint density at radius 3 is 2.18 bits per heavy atom. The second kappa shape index (κ2) is 9.18. The molecule has 0 atom stereocenters. The van der Waals surface area contributed by atoms with Crippen LogP contribution in [0.4, 0.5) is 29.1 Å². The second-order valence-corrected chi connectivity index (χ2v) is 7.12. The molecule has 0 bridgehead atoms. The zero-order valence-corrected chi connectivity index (χ0v) is 17.3. The van der Waals surface area contributed by atoms with Crippen molar-refractivity contribution < 1.29 is 27.2 Å². The Labute approximate surface area is 190 Å². The van der Waals surface area contributed by atoms with Gasteiger partial charge in [0.25, 0.3) is 11.8 Å². The first kappa shape index (κ1) is 22.7. The molecule has 34 heavy (non-hydrogen) atoms. The molecule has 4 rings (SSSR count). The number of halogens is 4. The number of carbonyl (C=O) groups is 2. The number of alkyl halides is 3. The van der Waals surface area contributed by atoms with E-state index in [1.165, 1.54) is 28.9 Å². The lowest BCUT2D eigenvalue weighted by Crippen LogP contribution is -2.20. The molecule has 0 saturated heterocycles. The lowest BCUT2D eigenvalue weighted by atomic mass is 10.2. The van der Waals surface area contributed by atoms with E-state index in [1.54, 1.807) is 30.3 Å². The van der Waals surface area contributed by atoms with Gasteiger partial charge < -0.3 is 10.6 Å². The maximum atomic E-state index is 14.1. The standard InChI is InChI=1S/C24H16F4N4O2/c25-20-12-5-4-11-18(20)22(33)31-21-19(14-29-32(21)17-9-2-1-3-10-17)23(34)30-16-8-6-7-15(13-16)24(26,27)28/h1-14H,(H,30,34)(H,31,33). The quantitative estimate of drug-likeness (QED) is 0.378. The van der Waals surface area contributed by atoms with Crippen LogP contribution >= 0.6 is 0 Å². The van der Waals surface area contributed by atoms with Gasteiger partial charge in [-0.05, 0) is 42.5 Å². The molecule has 3 aromatic carbocycles. The van der Waals surface area contributed by atoms with Crippen molar-refractivity contribution in [2.75, 3.05) is 10.6 Å². The summed E-state index contributed by atoms with van der Waals surface area (Å²) in [6.45, 7) is 0. The monoisotopic (exact) mass is 468 g/mol. The Bertz CT molecular complexity index is 1350. The average molecular weight is 468 g/mol. The summed E-state index contributed by atoms with van der Waals surface area (Å²) in [5.74, 6) is -2.49. The Kier molecular flexibility index (Phi) is 6.13. The first-order chi connectivity index (χ1) is 16.2. The minimum Gasteiger partial charge on any atom is -0.322 e. The maximum absolute atomic E-state index is 14.1. The van der Waals surface area contributed by atoms with Crippen LogP contribution in [0.5, 0.6) is 0 Å². The van der Waals surface area contributed by atoms with Crippen LogP contribution in [0, 0.1) is 5.82 Å². The van der Waals surface area contributed by atoms with Crippen molar-refractivity contribution in [1.29, 1.82) is 0 Å². The molecule has 2 N–H and O–H groups in total. The molecule has 1 heterocycles. The van der Waals surface area contributed by atoms with E-state index in [0.29, 0.717) is 5.69 Å². The fourth-order valence-electron chi connectivity index (χ4n) is 3.19. The highest BCUT2D eigenvalue weighted by Crippen LogP contribution is 2.31. The molecular formula is C24H16F4N4O2. The number of nitrogens with one attached hydrogen (secondary N) is 2. The molecule has 0 aliphatic carbocycles. The number of hydrogen-bond acceptors (Lipinski definition) is 3. The van der Waals surface area contributed by atoms with Gasteiger partial charge in [-0.25, -0.2) is 9.07 Å². The Balaban J connectivity index is 1.70. The smallest absolute Gasteiger partial charge is 0.322 e. The van der Waals surface area contributed by atoms with Gasteiger partial charge in [0.2, 0.25) is 0 Å². The molecule has 0 unspecified atom stereocenters. The average Bonchev–Trinajstić information content (AvgIpc) is 3.23. The van der Waals surface area contributed by atoms with Crippen molar-refractivity contribution in [2.45, 2.75) is 6.18 Å². The Hall–Kier alpha value is -4.47. The molecule has 172 valence electrons. The van der Waals surface area contributed by atoms with E-state index in [2.05, 4.69) is 15.7 Å². The van der Waals surface area contributed by atoms with E-state index < -0.39 is 29.4 Å². The Morgan fingerprint density at radius 1 is 0.794 bits per heavy atom. The molecule has 0 aliphatic heterocycles. The van der Waals surface area contributed by atoms with Crippen molar-refractivity contribution in [3.05, 3.63) is 108 Å². The van der Waals surface area contributed by atoms with Crippen LogP contribution in [0.3, 0.4) is 0 Å². The van der Waals surface area contributed by atoms with E-state index >= 15 is 0 Å². The van der Waals surface area contributed by atoms with Gasteiger partial charge >= 0.3 is 6.18 Å². The number of para-hydroxylation sites is 1. The predicted octanol–water partition coefficient (Wildman–Crippen LogP) is 5.53. The molecule has 6 nitrogen and oxygen atoms in total. The van der Waals surface area contributed by atoms with Crippen LogP contribution in [0.2, 0.25) is 0 Å². The van der Waals surface area contributed by atoms with Gasteiger partial charge in [0, 0.05) is 5.69 Å². The van der Waals surface area contributed by atoms with E-state index in [0.717, 1.165) is 30.5 Å². The third-order valence-corrected chi connectivity index (χ3v) is 4.81. The van der Waals surface area contributed by atoms with Gasteiger partial charge in [0.1, 0.15) is 17.2 Å². The van der Waals surface area contributed by atoms with Gasteiger partial charge in [-0.2, -0.15) is 18.3 Å².